The lowest BCUT2D eigenvalue weighted by molar-refractivity contribution is -0.187. The van der Waals surface area contributed by atoms with Gasteiger partial charge in [0.15, 0.2) is 20.1 Å². The molecule has 212 valence electrons. The van der Waals surface area contributed by atoms with Crippen molar-refractivity contribution in [2.75, 3.05) is 13.7 Å². The second-order valence-corrected chi connectivity index (χ2v) is 16.6. The van der Waals surface area contributed by atoms with Crippen LogP contribution in [0.3, 0.4) is 0 Å². The van der Waals surface area contributed by atoms with Gasteiger partial charge in [0.2, 0.25) is 5.91 Å². The smallest absolute Gasteiger partial charge is 0.408 e. The average Bonchev–Trinajstić information content (AvgIpc) is 3.19. The zero-order valence-corrected chi connectivity index (χ0v) is 24.9. The lowest BCUT2D eigenvalue weighted by atomic mass is 9.87. The van der Waals surface area contributed by atoms with E-state index in [0.717, 1.165) is 5.56 Å². The number of esters is 1. The number of nitrogens with zero attached hydrogens (tertiary/aromatic N) is 1. The van der Waals surface area contributed by atoms with E-state index in [4.69, 9.17) is 23.4 Å². The van der Waals surface area contributed by atoms with E-state index in [1.165, 1.54) is 12.0 Å². The highest BCUT2D eigenvalue weighted by atomic mass is 28.4. The Morgan fingerprint density at radius 2 is 1.84 bits per heavy atom. The zero-order valence-electron chi connectivity index (χ0n) is 23.9. The topological polar surface area (TPSA) is 113 Å². The number of methoxy groups -OCH3 is 1. The van der Waals surface area contributed by atoms with Crippen molar-refractivity contribution in [2.45, 2.75) is 102 Å². The van der Waals surface area contributed by atoms with E-state index in [-0.39, 0.29) is 18.3 Å². The first-order chi connectivity index (χ1) is 17.6. The monoisotopic (exact) mass is 550 g/mol. The average molecular weight is 551 g/mol. The first-order valence-electron chi connectivity index (χ1n) is 12.9. The molecule has 0 saturated carbocycles. The van der Waals surface area contributed by atoms with Gasteiger partial charge in [-0.2, -0.15) is 0 Å². The minimum atomic E-state index is -2.30. The number of β-lactam (4-membered cyclic amide) rings is 1. The molecule has 0 bridgehead atoms. The number of rotatable bonds is 9. The van der Waals surface area contributed by atoms with E-state index in [2.05, 4.69) is 39.2 Å². The molecule has 1 aromatic carbocycles. The van der Waals surface area contributed by atoms with E-state index >= 15 is 0 Å². The standard InChI is InChI=1S/C27H42N2O8Si/c1-17(37-38(8,9)26(2,3)4)21(24(31)33-7)29-22(19-16-35-27(5,6)36-19)20(23(29)30)28-25(32)34-15-18-13-11-10-12-14-18/h10-14,17,19-22H,15-16H2,1-9H3,(H,28,32)/t17-,19+,20-,21+,22+/m0/s1. The molecule has 38 heavy (non-hydrogen) atoms. The lowest BCUT2D eigenvalue weighted by Gasteiger charge is -2.53. The van der Waals surface area contributed by atoms with E-state index in [1.54, 1.807) is 20.8 Å². The van der Waals surface area contributed by atoms with Crippen LogP contribution in [0.2, 0.25) is 18.1 Å². The molecule has 0 spiro atoms. The van der Waals surface area contributed by atoms with Crippen LogP contribution in [0.25, 0.3) is 0 Å². The van der Waals surface area contributed by atoms with Crippen LogP contribution in [0.15, 0.2) is 30.3 Å². The Morgan fingerprint density at radius 1 is 1.21 bits per heavy atom. The number of benzene rings is 1. The molecule has 5 atom stereocenters. The molecule has 1 aromatic rings. The Bertz CT molecular complexity index is 1010. The lowest BCUT2D eigenvalue weighted by Crippen LogP contribution is -2.79. The maximum atomic E-state index is 13.5. The van der Waals surface area contributed by atoms with Crippen molar-refractivity contribution in [1.82, 2.24) is 10.2 Å². The van der Waals surface area contributed by atoms with Crippen LogP contribution < -0.4 is 5.32 Å². The summed E-state index contributed by atoms with van der Waals surface area (Å²) >= 11 is 0. The molecule has 10 nitrogen and oxygen atoms in total. The van der Waals surface area contributed by atoms with Gasteiger partial charge >= 0.3 is 12.1 Å². The van der Waals surface area contributed by atoms with Crippen molar-refractivity contribution in [3.8, 4) is 0 Å². The van der Waals surface area contributed by atoms with Gasteiger partial charge in [0.1, 0.15) is 18.8 Å². The molecule has 2 amide bonds. The van der Waals surface area contributed by atoms with Crippen molar-refractivity contribution in [3.63, 3.8) is 0 Å². The van der Waals surface area contributed by atoms with E-state index < -0.39 is 62.4 Å². The highest BCUT2D eigenvalue weighted by molar-refractivity contribution is 6.74. The molecule has 1 N–H and O–H groups in total. The predicted octanol–water partition coefficient (Wildman–Crippen LogP) is 3.60. The number of alkyl carbamates (subject to hydrolysis) is 1. The van der Waals surface area contributed by atoms with Crippen LogP contribution in [0.5, 0.6) is 0 Å². The van der Waals surface area contributed by atoms with Gasteiger partial charge in [-0.15, -0.1) is 0 Å². The number of hydrogen-bond donors (Lipinski definition) is 1. The summed E-state index contributed by atoms with van der Waals surface area (Å²) < 4.78 is 28.8. The first kappa shape index (κ1) is 30.1. The van der Waals surface area contributed by atoms with Gasteiger partial charge in [-0.1, -0.05) is 51.1 Å². The third kappa shape index (κ3) is 6.56. The van der Waals surface area contributed by atoms with Crippen LogP contribution in [0.1, 0.15) is 47.1 Å². The van der Waals surface area contributed by atoms with Crippen LogP contribution in [0.4, 0.5) is 4.79 Å². The molecule has 3 rings (SSSR count). The Balaban J connectivity index is 1.83. The molecule has 0 radical (unpaired) electrons. The number of carbonyl (C=O) groups excluding carboxylic acids is 3. The van der Waals surface area contributed by atoms with Gasteiger partial charge in [0, 0.05) is 0 Å². The molecule has 2 aliphatic heterocycles. The number of likely N-dealkylation sites (tertiary alicyclic amines) is 1. The maximum absolute atomic E-state index is 13.5. The molecule has 2 heterocycles. The Morgan fingerprint density at radius 3 is 2.37 bits per heavy atom. The summed E-state index contributed by atoms with van der Waals surface area (Å²) in [6, 6.07) is 6.55. The quantitative estimate of drug-likeness (QED) is 0.282. The van der Waals surface area contributed by atoms with Crippen molar-refractivity contribution < 1.29 is 37.8 Å². The van der Waals surface area contributed by atoms with Crippen LogP contribution >= 0.6 is 0 Å². The van der Waals surface area contributed by atoms with Gasteiger partial charge in [0.05, 0.1) is 25.9 Å². The molecule has 11 heteroatoms. The SMILES string of the molecule is COC(=O)[C@@H]([C@H](C)O[Si](C)(C)C(C)(C)C)N1C(=O)[C@@H](NC(=O)OCc2ccccc2)[C@H]1[C@H]1COC(C)(C)O1. The molecule has 0 aromatic heterocycles. The van der Waals surface area contributed by atoms with E-state index in [9.17, 15) is 14.4 Å². The normalized spacial score (nSPS) is 24.8. The number of ether oxygens (including phenoxy) is 4. The first-order valence-corrected chi connectivity index (χ1v) is 15.9. The summed E-state index contributed by atoms with van der Waals surface area (Å²) in [6.45, 7) is 16.0. The maximum Gasteiger partial charge on any atom is 0.408 e. The number of hydrogen-bond acceptors (Lipinski definition) is 8. The zero-order chi connectivity index (χ0) is 28.5. The van der Waals surface area contributed by atoms with Crippen molar-refractivity contribution in [3.05, 3.63) is 35.9 Å². The van der Waals surface area contributed by atoms with Crippen molar-refractivity contribution >= 4 is 26.3 Å². The van der Waals surface area contributed by atoms with Crippen LogP contribution in [0, 0.1) is 0 Å². The third-order valence-corrected chi connectivity index (χ3v) is 12.1. The predicted molar refractivity (Wildman–Crippen MR) is 143 cm³/mol. The van der Waals surface area contributed by atoms with Crippen LogP contribution in [-0.2, 0) is 39.6 Å². The summed E-state index contributed by atoms with van der Waals surface area (Å²) in [5, 5.41) is 2.56. The molecule has 2 fully saturated rings. The second kappa shape index (κ2) is 11.3. The van der Waals surface area contributed by atoms with Crippen molar-refractivity contribution in [2.24, 2.45) is 0 Å². The van der Waals surface area contributed by atoms with E-state index in [0.29, 0.717) is 0 Å². The Kier molecular flexibility index (Phi) is 8.97. The third-order valence-electron chi connectivity index (χ3n) is 7.55. The Hall–Kier alpha value is -2.47. The largest absolute Gasteiger partial charge is 0.467 e. The van der Waals surface area contributed by atoms with Gasteiger partial charge in [0.25, 0.3) is 0 Å². The minimum Gasteiger partial charge on any atom is -0.467 e. The molecular formula is C27H42N2O8Si. The van der Waals surface area contributed by atoms with Crippen LogP contribution in [-0.4, -0.2) is 81.0 Å². The van der Waals surface area contributed by atoms with Gasteiger partial charge in [-0.3, -0.25) is 4.79 Å². The minimum absolute atomic E-state index is 0.0558. The Labute approximate surface area is 226 Å². The molecule has 2 saturated heterocycles. The van der Waals surface area contributed by atoms with Crippen molar-refractivity contribution in [1.29, 1.82) is 0 Å². The van der Waals surface area contributed by atoms with E-state index in [1.807, 2.05) is 30.3 Å². The fraction of sp³-hybridized carbons (Fsp3) is 0.667. The molecule has 0 aliphatic carbocycles. The highest BCUT2D eigenvalue weighted by Gasteiger charge is 2.60. The van der Waals surface area contributed by atoms with Gasteiger partial charge in [-0.05, 0) is 44.5 Å². The molecule has 0 unspecified atom stereocenters. The van der Waals surface area contributed by atoms with Gasteiger partial charge < -0.3 is 33.6 Å². The summed E-state index contributed by atoms with van der Waals surface area (Å²) in [7, 11) is -1.02. The highest BCUT2D eigenvalue weighted by Crippen LogP contribution is 2.40. The number of nitrogens with one attached hydrogen (secondary N) is 1. The van der Waals surface area contributed by atoms with Gasteiger partial charge in [-0.25, -0.2) is 9.59 Å². The summed E-state index contributed by atoms with van der Waals surface area (Å²) in [5.74, 6) is -1.92. The summed E-state index contributed by atoms with van der Waals surface area (Å²) in [5.41, 5.74) is 0.817. The number of amides is 2. The summed E-state index contributed by atoms with van der Waals surface area (Å²) in [4.78, 5) is 40.7. The molecular weight excluding hydrogens is 508 g/mol. The molecule has 2 aliphatic rings. The number of carbonyl (C=O) groups is 3. The summed E-state index contributed by atoms with van der Waals surface area (Å²) in [6.07, 6.45) is -1.99. The fourth-order valence-corrected chi connectivity index (χ4v) is 5.94. The second-order valence-electron chi connectivity index (χ2n) is 11.8. The fourth-order valence-electron chi connectivity index (χ4n) is 4.53.